The monoisotopic (exact) mass is 391 g/mol. The molecule has 0 bridgehead atoms. The van der Waals surface area contributed by atoms with Crippen LogP contribution in [0.3, 0.4) is 0 Å². The zero-order valence-corrected chi connectivity index (χ0v) is 16.8. The first kappa shape index (κ1) is 20.6. The van der Waals surface area contributed by atoms with Crippen molar-refractivity contribution in [1.82, 2.24) is 9.80 Å². The highest BCUT2D eigenvalue weighted by Gasteiger charge is 2.26. The number of amides is 2. The molecule has 2 heterocycles. The van der Waals surface area contributed by atoms with Crippen LogP contribution < -0.4 is 4.90 Å². The SMILES string of the molecule is CC1CC(C)CN(C(=O)COCC(=O)N2CCN(c3ccccc3F)CC2)C1. The van der Waals surface area contributed by atoms with Crippen LogP contribution in [-0.4, -0.2) is 74.1 Å². The molecule has 0 spiro atoms. The molecule has 0 radical (unpaired) electrons. The highest BCUT2D eigenvalue weighted by molar-refractivity contribution is 5.80. The molecule has 2 aliphatic rings. The molecule has 6 nitrogen and oxygen atoms in total. The third-order valence-electron chi connectivity index (χ3n) is 5.50. The van der Waals surface area contributed by atoms with Crippen molar-refractivity contribution in [1.29, 1.82) is 0 Å². The number of piperidine rings is 1. The molecule has 0 aromatic heterocycles. The smallest absolute Gasteiger partial charge is 0.248 e. The van der Waals surface area contributed by atoms with Gasteiger partial charge in [0, 0.05) is 39.3 Å². The maximum atomic E-state index is 13.9. The van der Waals surface area contributed by atoms with E-state index < -0.39 is 0 Å². The standard InChI is InChI=1S/C21H30FN3O3/c1-16-11-17(2)13-25(12-16)21(27)15-28-14-20(26)24-9-7-23(8-10-24)19-6-4-3-5-18(19)22/h3-6,16-17H,7-15H2,1-2H3. The fourth-order valence-corrected chi connectivity index (χ4v) is 4.18. The number of ether oxygens (including phenoxy) is 1. The largest absolute Gasteiger partial charge is 0.366 e. The summed E-state index contributed by atoms with van der Waals surface area (Å²) in [5, 5.41) is 0. The number of hydrogen-bond donors (Lipinski definition) is 0. The van der Waals surface area contributed by atoms with Crippen LogP contribution >= 0.6 is 0 Å². The molecular weight excluding hydrogens is 361 g/mol. The normalized spacial score (nSPS) is 23.0. The Morgan fingerprint density at radius 1 is 0.964 bits per heavy atom. The summed E-state index contributed by atoms with van der Waals surface area (Å²) in [4.78, 5) is 30.2. The summed E-state index contributed by atoms with van der Waals surface area (Å²) in [7, 11) is 0. The quantitative estimate of drug-likeness (QED) is 0.770. The van der Waals surface area contributed by atoms with Gasteiger partial charge in [-0.2, -0.15) is 0 Å². The molecule has 1 aromatic rings. The second-order valence-electron chi connectivity index (χ2n) is 8.06. The lowest BCUT2D eigenvalue weighted by molar-refractivity contribution is -0.143. The van der Waals surface area contributed by atoms with E-state index >= 15 is 0 Å². The van der Waals surface area contributed by atoms with Crippen molar-refractivity contribution in [2.75, 3.05) is 57.4 Å². The van der Waals surface area contributed by atoms with E-state index in [4.69, 9.17) is 4.74 Å². The average molecular weight is 391 g/mol. The van der Waals surface area contributed by atoms with Crippen molar-refractivity contribution in [3.05, 3.63) is 30.1 Å². The predicted octanol–water partition coefficient (Wildman–Crippen LogP) is 2.00. The first-order valence-electron chi connectivity index (χ1n) is 10.1. The van der Waals surface area contributed by atoms with Crippen LogP contribution in [-0.2, 0) is 14.3 Å². The third-order valence-corrected chi connectivity index (χ3v) is 5.50. The van der Waals surface area contributed by atoms with Gasteiger partial charge in [0.25, 0.3) is 0 Å². The Bertz CT molecular complexity index is 681. The van der Waals surface area contributed by atoms with Crippen LogP contribution in [0.4, 0.5) is 10.1 Å². The maximum absolute atomic E-state index is 13.9. The number of nitrogens with zero attached hydrogens (tertiary/aromatic N) is 3. The number of likely N-dealkylation sites (tertiary alicyclic amines) is 1. The highest BCUT2D eigenvalue weighted by atomic mass is 19.1. The van der Waals surface area contributed by atoms with Gasteiger partial charge >= 0.3 is 0 Å². The second-order valence-corrected chi connectivity index (χ2v) is 8.06. The lowest BCUT2D eigenvalue weighted by Gasteiger charge is -2.36. The molecule has 2 unspecified atom stereocenters. The Hall–Kier alpha value is -2.15. The molecule has 0 N–H and O–H groups in total. The molecular formula is C21H30FN3O3. The van der Waals surface area contributed by atoms with E-state index in [1.54, 1.807) is 17.0 Å². The van der Waals surface area contributed by atoms with Crippen molar-refractivity contribution in [3.8, 4) is 0 Å². The number of benzene rings is 1. The minimum Gasteiger partial charge on any atom is -0.366 e. The Morgan fingerprint density at radius 2 is 1.54 bits per heavy atom. The molecule has 28 heavy (non-hydrogen) atoms. The van der Waals surface area contributed by atoms with E-state index in [1.807, 2.05) is 15.9 Å². The van der Waals surface area contributed by atoms with Gasteiger partial charge in [-0.15, -0.1) is 0 Å². The maximum Gasteiger partial charge on any atom is 0.248 e. The van der Waals surface area contributed by atoms with Gasteiger partial charge < -0.3 is 19.4 Å². The molecule has 2 saturated heterocycles. The van der Waals surface area contributed by atoms with E-state index in [0.717, 1.165) is 19.5 Å². The van der Waals surface area contributed by atoms with Gasteiger partial charge in [0.15, 0.2) is 0 Å². The lowest BCUT2D eigenvalue weighted by atomic mass is 9.92. The summed E-state index contributed by atoms with van der Waals surface area (Å²) < 4.78 is 19.3. The fraction of sp³-hybridized carbons (Fsp3) is 0.619. The van der Waals surface area contributed by atoms with E-state index in [-0.39, 0.29) is 30.8 Å². The number of piperazine rings is 1. The van der Waals surface area contributed by atoms with Gasteiger partial charge in [-0.25, -0.2) is 4.39 Å². The second kappa shape index (κ2) is 9.37. The van der Waals surface area contributed by atoms with Crippen molar-refractivity contribution in [2.45, 2.75) is 20.3 Å². The first-order chi connectivity index (χ1) is 13.4. The van der Waals surface area contributed by atoms with Gasteiger partial charge in [0.1, 0.15) is 19.0 Å². The Kier molecular flexibility index (Phi) is 6.88. The summed E-state index contributed by atoms with van der Waals surface area (Å²) in [6.07, 6.45) is 1.14. The molecule has 2 aliphatic heterocycles. The van der Waals surface area contributed by atoms with Gasteiger partial charge in [-0.1, -0.05) is 26.0 Å². The third kappa shape index (κ3) is 5.22. The Balaban J connectivity index is 1.39. The van der Waals surface area contributed by atoms with Gasteiger partial charge in [-0.3, -0.25) is 9.59 Å². The molecule has 154 valence electrons. The van der Waals surface area contributed by atoms with E-state index in [0.29, 0.717) is 43.7 Å². The van der Waals surface area contributed by atoms with Crippen molar-refractivity contribution < 1.29 is 18.7 Å². The zero-order valence-electron chi connectivity index (χ0n) is 16.8. The molecule has 0 saturated carbocycles. The summed E-state index contributed by atoms with van der Waals surface area (Å²) in [6, 6.07) is 6.68. The van der Waals surface area contributed by atoms with E-state index in [1.165, 1.54) is 6.07 Å². The van der Waals surface area contributed by atoms with Gasteiger partial charge in [0.05, 0.1) is 5.69 Å². The van der Waals surface area contributed by atoms with E-state index in [2.05, 4.69) is 13.8 Å². The number of para-hydroxylation sites is 1. The topological polar surface area (TPSA) is 53.1 Å². The summed E-state index contributed by atoms with van der Waals surface area (Å²) in [5.41, 5.74) is 0.571. The Labute approximate surface area is 166 Å². The van der Waals surface area contributed by atoms with Crippen molar-refractivity contribution >= 4 is 17.5 Å². The van der Waals surface area contributed by atoms with Gasteiger partial charge in [-0.05, 0) is 30.4 Å². The van der Waals surface area contributed by atoms with Crippen LogP contribution in [0.5, 0.6) is 0 Å². The van der Waals surface area contributed by atoms with Crippen LogP contribution in [0.1, 0.15) is 20.3 Å². The van der Waals surface area contributed by atoms with Crippen LogP contribution in [0, 0.1) is 17.7 Å². The van der Waals surface area contributed by atoms with Crippen LogP contribution in [0.15, 0.2) is 24.3 Å². The minimum absolute atomic E-state index is 0.0458. The van der Waals surface area contributed by atoms with E-state index in [9.17, 15) is 14.0 Å². The summed E-state index contributed by atoms with van der Waals surface area (Å²) >= 11 is 0. The molecule has 2 atom stereocenters. The Morgan fingerprint density at radius 3 is 2.14 bits per heavy atom. The van der Waals surface area contributed by atoms with Crippen molar-refractivity contribution in [2.24, 2.45) is 11.8 Å². The molecule has 2 amide bonds. The number of carbonyl (C=O) groups excluding carboxylic acids is 2. The lowest BCUT2D eigenvalue weighted by Crippen LogP contribution is -2.50. The highest BCUT2D eigenvalue weighted by Crippen LogP contribution is 2.21. The molecule has 1 aromatic carbocycles. The number of anilines is 1. The molecule has 2 fully saturated rings. The molecule has 7 heteroatoms. The predicted molar refractivity (Wildman–Crippen MR) is 106 cm³/mol. The molecule has 3 rings (SSSR count). The number of carbonyl (C=O) groups is 2. The van der Waals surface area contributed by atoms with Crippen LogP contribution in [0.25, 0.3) is 0 Å². The zero-order chi connectivity index (χ0) is 20.1. The minimum atomic E-state index is -0.245. The van der Waals surface area contributed by atoms with Crippen LogP contribution in [0.2, 0.25) is 0 Å². The summed E-state index contributed by atoms with van der Waals surface area (Å²) in [6.45, 7) is 7.88. The number of rotatable bonds is 5. The summed E-state index contributed by atoms with van der Waals surface area (Å²) in [5.74, 6) is 0.586. The fourth-order valence-electron chi connectivity index (χ4n) is 4.18. The first-order valence-corrected chi connectivity index (χ1v) is 10.1. The van der Waals surface area contributed by atoms with Crippen molar-refractivity contribution in [3.63, 3.8) is 0 Å². The average Bonchev–Trinajstić information content (AvgIpc) is 2.67. The molecule has 0 aliphatic carbocycles. The van der Waals surface area contributed by atoms with Gasteiger partial charge in [0.2, 0.25) is 11.8 Å². The number of halogens is 1. The number of hydrogen-bond acceptors (Lipinski definition) is 4.